The molecule has 2 aromatic rings. The minimum absolute atomic E-state index is 0.0827. The lowest BCUT2D eigenvalue weighted by Crippen LogP contribution is -2.55. The number of fused-ring (bicyclic) bond motifs is 2. The summed E-state index contributed by atoms with van der Waals surface area (Å²) in [4.78, 5) is 21.2. The summed E-state index contributed by atoms with van der Waals surface area (Å²) in [6, 6.07) is 9.37. The standard InChI is InChI=1S/C21H24FN3O3S/c1-15-5-8-20(23-12-15)25-17-6-7-18(25)14-24(13-17)21(26)9-10-29(27,28)19-4-2-3-16(22)11-19/h2-5,8,11-12,17-18H,6-7,9-10,13-14H2,1H3. The molecule has 4 rings (SSSR count). The van der Waals surface area contributed by atoms with Gasteiger partial charge in [0.1, 0.15) is 11.6 Å². The largest absolute Gasteiger partial charge is 0.347 e. The summed E-state index contributed by atoms with van der Waals surface area (Å²) in [6.45, 7) is 3.15. The number of aryl methyl sites for hydroxylation is 1. The first-order valence-corrected chi connectivity index (χ1v) is 11.5. The molecule has 0 radical (unpaired) electrons. The number of hydrogen-bond acceptors (Lipinski definition) is 5. The summed E-state index contributed by atoms with van der Waals surface area (Å²) in [5.74, 6) is -0.151. The third-order valence-corrected chi connectivity index (χ3v) is 7.45. The lowest BCUT2D eigenvalue weighted by molar-refractivity contribution is -0.131. The van der Waals surface area contributed by atoms with Crippen molar-refractivity contribution >= 4 is 21.6 Å². The third kappa shape index (κ3) is 4.12. The predicted molar refractivity (Wildman–Crippen MR) is 108 cm³/mol. The van der Waals surface area contributed by atoms with Crippen LogP contribution in [0.5, 0.6) is 0 Å². The highest BCUT2D eigenvalue weighted by Crippen LogP contribution is 2.34. The number of benzene rings is 1. The Labute approximate surface area is 170 Å². The molecule has 2 saturated heterocycles. The Morgan fingerprint density at radius 2 is 1.90 bits per heavy atom. The number of rotatable bonds is 5. The first-order chi connectivity index (χ1) is 13.8. The summed E-state index contributed by atoms with van der Waals surface area (Å²) in [6.07, 6.45) is 3.74. The second kappa shape index (κ2) is 7.74. The number of carbonyl (C=O) groups excluding carboxylic acids is 1. The molecule has 3 heterocycles. The van der Waals surface area contributed by atoms with E-state index in [1.165, 1.54) is 18.2 Å². The van der Waals surface area contributed by atoms with Crippen molar-refractivity contribution in [1.82, 2.24) is 9.88 Å². The van der Waals surface area contributed by atoms with Crippen LogP contribution in [0.2, 0.25) is 0 Å². The Balaban J connectivity index is 1.39. The molecule has 2 aliphatic heterocycles. The van der Waals surface area contributed by atoms with E-state index in [1.54, 1.807) is 4.90 Å². The molecule has 0 spiro atoms. The molecule has 2 unspecified atom stereocenters. The van der Waals surface area contributed by atoms with Crippen LogP contribution in [-0.4, -0.2) is 55.1 Å². The van der Waals surface area contributed by atoms with Gasteiger partial charge >= 0.3 is 0 Å². The maximum atomic E-state index is 13.3. The normalized spacial score (nSPS) is 21.4. The zero-order valence-corrected chi connectivity index (χ0v) is 17.1. The van der Waals surface area contributed by atoms with Gasteiger partial charge in [-0.2, -0.15) is 0 Å². The number of likely N-dealkylation sites (tertiary alicyclic amines) is 1. The molecule has 154 valence electrons. The Kier molecular flexibility index (Phi) is 5.29. The van der Waals surface area contributed by atoms with E-state index in [2.05, 4.69) is 9.88 Å². The van der Waals surface area contributed by atoms with Crippen molar-refractivity contribution in [2.75, 3.05) is 23.7 Å². The van der Waals surface area contributed by atoms with Gasteiger partial charge in [-0.3, -0.25) is 4.79 Å². The van der Waals surface area contributed by atoms with E-state index in [-0.39, 0.29) is 35.1 Å². The van der Waals surface area contributed by atoms with Crippen LogP contribution >= 0.6 is 0 Å². The number of nitrogens with zero attached hydrogens (tertiary/aromatic N) is 3. The second-order valence-corrected chi connectivity index (χ2v) is 9.92. The molecule has 6 nitrogen and oxygen atoms in total. The van der Waals surface area contributed by atoms with Gasteiger partial charge in [-0.1, -0.05) is 12.1 Å². The average molecular weight is 418 g/mol. The van der Waals surface area contributed by atoms with E-state index in [0.717, 1.165) is 30.3 Å². The van der Waals surface area contributed by atoms with Gasteiger partial charge in [-0.15, -0.1) is 0 Å². The average Bonchev–Trinajstić information content (AvgIpc) is 2.96. The van der Waals surface area contributed by atoms with Gasteiger partial charge in [-0.25, -0.2) is 17.8 Å². The molecular weight excluding hydrogens is 393 g/mol. The number of hydrogen-bond donors (Lipinski definition) is 0. The van der Waals surface area contributed by atoms with Crippen molar-refractivity contribution in [3.8, 4) is 0 Å². The van der Waals surface area contributed by atoms with E-state index in [4.69, 9.17) is 0 Å². The summed E-state index contributed by atoms with van der Waals surface area (Å²) in [7, 11) is -3.69. The summed E-state index contributed by atoms with van der Waals surface area (Å²) >= 11 is 0. The fraction of sp³-hybridized carbons (Fsp3) is 0.429. The Morgan fingerprint density at radius 1 is 1.17 bits per heavy atom. The molecule has 0 saturated carbocycles. The Hall–Kier alpha value is -2.48. The van der Waals surface area contributed by atoms with Crippen LogP contribution < -0.4 is 4.90 Å². The molecule has 0 aliphatic carbocycles. The molecule has 2 atom stereocenters. The maximum Gasteiger partial charge on any atom is 0.223 e. The van der Waals surface area contributed by atoms with Crippen molar-refractivity contribution in [3.63, 3.8) is 0 Å². The SMILES string of the molecule is Cc1ccc(N2C3CCC2CN(C(=O)CCS(=O)(=O)c2cccc(F)c2)C3)nc1. The highest BCUT2D eigenvalue weighted by molar-refractivity contribution is 7.91. The van der Waals surface area contributed by atoms with Crippen molar-refractivity contribution in [1.29, 1.82) is 0 Å². The van der Waals surface area contributed by atoms with Crippen molar-refractivity contribution < 1.29 is 17.6 Å². The van der Waals surface area contributed by atoms with Crippen LogP contribution in [0, 0.1) is 12.7 Å². The van der Waals surface area contributed by atoms with Crippen LogP contribution in [0.1, 0.15) is 24.8 Å². The Morgan fingerprint density at radius 3 is 2.52 bits per heavy atom. The first-order valence-electron chi connectivity index (χ1n) is 9.80. The Bertz CT molecular complexity index is 996. The second-order valence-electron chi connectivity index (χ2n) is 7.81. The quantitative estimate of drug-likeness (QED) is 0.748. The van der Waals surface area contributed by atoms with E-state index >= 15 is 0 Å². The van der Waals surface area contributed by atoms with Gasteiger partial charge in [0.15, 0.2) is 9.84 Å². The fourth-order valence-corrected chi connectivity index (χ4v) is 5.51. The lowest BCUT2D eigenvalue weighted by atomic mass is 10.1. The molecule has 2 aliphatic rings. The molecule has 2 fully saturated rings. The zero-order chi connectivity index (χ0) is 20.6. The number of sulfone groups is 1. The van der Waals surface area contributed by atoms with Crippen molar-refractivity contribution in [3.05, 3.63) is 54.0 Å². The third-order valence-electron chi connectivity index (χ3n) is 5.74. The number of piperazine rings is 1. The summed E-state index contributed by atoms with van der Waals surface area (Å²) in [5, 5.41) is 0. The van der Waals surface area contributed by atoms with Crippen LogP contribution in [-0.2, 0) is 14.6 Å². The van der Waals surface area contributed by atoms with E-state index in [9.17, 15) is 17.6 Å². The lowest BCUT2D eigenvalue weighted by Gasteiger charge is -2.41. The number of halogens is 1. The number of anilines is 1. The maximum absolute atomic E-state index is 13.3. The summed E-state index contributed by atoms with van der Waals surface area (Å²) in [5.41, 5.74) is 1.11. The number of pyridine rings is 1. The van der Waals surface area contributed by atoms with Crippen molar-refractivity contribution in [2.45, 2.75) is 43.2 Å². The fourth-order valence-electron chi connectivity index (χ4n) is 4.25. The molecular formula is C21H24FN3O3S. The van der Waals surface area contributed by atoms with Crippen LogP contribution in [0.25, 0.3) is 0 Å². The van der Waals surface area contributed by atoms with E-state index in [1.807, 2.05) is 25.3 Å². The molecule has 8 heteroatoms. The van der Waals surface area contributed by atoms with Gasteiger partial charge in [-0.05, 0) is 49.6 Å². The van der Waals surface area contributed by atoms with E-state index < -0.39 is 15.7 Å². The van der Waals surface area contributed by atoms with Crippen LogP contribution in [0.3, 0.4) is 0 Å². The van der Waals surface area contributed by atoms with Gasteiger partial charge in [0.25, 0.3) is 0 Å². The predicted octanol–water partition coefficient (Wildman–Crippen LogP) is 2.57. The van der Waals surface area contributed by atoms with E-state index in [0.29, 0.717) is 13.1 Å². The van der Waals surface area contributed by atoms with Gasteiger partial charge < -0.3 is 9.80 Å². The number of aromatic nitrogens is 1. The molecule has 1 aromatic heterocycles. The summed E-state index contributed by atoms with van der Waals surface area (Å²) < 4.78 is 38.2. The van der Waals surface area contributed by atoms with Crippen LogP contribution in [0.15, 0.2) is 47.5 Å². The monoisotopic (exact) mass is 417 g/mol. The highest BCUT2D eigenvalue weighted by Gasteiger charge is 2.41. The topological polar surface area (TPSA) is 70.6 Å². The number of amides is 1. The molecule has 2 bridgehead atoms. The molecule has 1 aromatic carbocycles. The molecule has 0 N–H and O–H groups in total. The van der Waals surface area contributed by atoms with Gasteiger partial charge in [0.05, 0.1) is 10.6 Å². The van der Waals surface area contributed by atoms with Gasteiger partial charge in [0, 0.05) is 37.8 Å². The molecule has 29 heavy (non-hydrogen) atoms. The van der Waals surface area contributed by atoms with Crippen LogP contribution in [0.4, 0.5) is 10.2 Å². The highest BCUT2D eigenvalue weighted by atomic mass is 32.2. The number of carbonyl (C=O) groups is 1. The van der Waals surface area contributed by atoms with Crippen molar-refractivity contribution in [2.24, 2.45) is 0 Å². The van der Waals surface area contributed by atoms with Gasteiger partial charge in [0.2, 0.25) is 5.91 Å². The molecule has 1 amide bonds. The zero-order valence-electron chi connectivity index (χ0n) is 16.3. The smallest absolute Gasteiger partial charge is 0.223 e. The first kappa shape index (κ1) is 19.8. The minimum atomic E-state index is -3.69. The minimum Gasteiger partial charge on any atom is -0.347 e.